The first-order chi connectivity index (χ1) is 8.41. The Labute approximate surface area is 130 Å². The molecule has 0 saturated heterocycles. The summed E-state index contributed by atoms with van der Waals surface area (Å²) < 4.78 is 0. The summed E-state index contributed by atoms with van der Waals surface area (Å²) in [6.45, 7) is 2.19. The molecule has 0 rings (SSSR count). The fraction of sp³-hybridized carbons (Fsp3) is 0.750. The van der Waals surface area contributed by atoms with Gasteiger partial charge in [-0.3, -0.25) is 0 Å². The van der Waals surface area contributed by atoms with Crippen molar-refractivity contribution in [3.05, 3.63) is 0 Å². The van der Waals surface area contributed by atoms with E-state index in [1.54, 1.807) is 0 Å². The number of aliphatic carboxylic acids is 3. The Bertz CT molecular complexity index is 243. The summed E-state index contributed by atoms with van der Waals surface area (Å²) in [4.78, 5) is 27.9. The van der Waals surface area contributed by atoms with Gasteiger partial charge in [0.2, 0.25) is 0 Å². The van der Waals surface area contributed by atoms with Crippen LogP contribution in [0.1, 0.15) is 58.3 Å². The van der Waals surface area contributed by atoms with Crippen molar-refractivity contribution in [3.63, 3.8) is 0 Å². The van der Waals surface area contributed by atoms with E-state index in [9.17, 15) is 9.90 Å². The SMILES string of the molecule is CCCCCCCCCC(=O)[O-].O=C([O-])C(=O)[O-].[Sn+3]. The molecule has 0 saturated carbocycles. The molecule has 0 aliphatic rings. The van der Waals surface area contributed by atoms with E-state index in [-0.39, 0.29) is 30.3 Å². The second-order valence-electron chi connectivity index (χ2n) is 3.82. The standard InChI is InChI=1S/C10H20O2.C2H2O4.Sn/c1-2-3-4-5-6-7-8-9-10(11)12;3-1(4)2(5)6;/h2-9H2,1H3,(H,11,12);(H,3,4)(H,5,6);/q;;+3/p-3. The molecule has 0 aromatic heterocycles. The molecule has 0 fully saturated rings. The zero-order valence-electron chi connectivity index (χ0n) is 11.1. The fourth-order valence-electron chi connectivity index (χ4n) is 1.23. The number of carbonyl (C=O) groups excluding carboxylic acids is 3. The Hall–Kier alpha value is -0.791. The molecule has 0 N–H and O–H groups in total. The maximum atomic E-state index is 10.0. The minimum atomic E-state index is -2.19. The van der Waals surface area contributed by atoms with Crippen LogP contribution in [0.25, 0.3) is 0 Å². The Kier molecular flexibility index (Phi) is 21.1. The third kappa shape index (κ3) is 26.7. The van der Waals surface area contributed by atoms with Crippen molar-refractivity contribution in [2.75, 3.05) is 0 Å². The topological polar surface area (TPSA) is 120 Å². The number of hydrogen-bond donors (Lipinski definition) is 0. The van der Waals surface area contributed by atoms with Crippen LogP contribution in [0.2, 0.25) is 0 Å². The van der Waals surface area contributed by atoms with Gasteiger partial charge in [-0.1, -0.05) is 45.4 Å². The molecule has 0 aliphatic heterocycles. The van der Waals surface area contributed by atoms with Gasteiger partial charge < -0.3 is 29.7 Å². The molecule has 0 unspecified atom stereocenters. The first kappa shape index (κ1) is 23.3. The molecule has 19 heavy (non-hydrogen) atoms. The van der Waals surface area contributed by atoms with Crippen molar-refractivity contribution in [3.8, 4) is 0 Å². The van der Waals surface area contributed by atoms with Gasteiger partial charge in [0.25, 0.3) is 0 Å². The van der Waals surface area contributed by atoms with Crippen LogP contribution in [-0.4, -0.2) is 41.8 Å². The molecule has 0 spiro atoms. The summed E-state index contributed by atoms with van der Waals surface area (Å²) in [6, 6.07) is 0. The molecule has 0 heterocycles. The normalized spacial score (nSPS) is 8.68. The Morgan fingerprint density at radius 3 is 1.42 bits per heavy atom. The van der Waals surface area contributed by atoms with Gasteiger partial charge in [-0.05, 0) is 12.8 Å². The van der Waals surface area contributed by atoms with Crippen LogP contribution in [0.3, 0.4) is 0 Å². The van der Waals surface area contributed by atoms with E-state index in [1.165, 1.54) is 32.1 Å². The Morgan fingerprint density at radius 1 is 0.737 bits per heavy atom. The summed E-state index contributed by atoms with van der Waals surface area (Å²) in [7, 11) is 0. The molecule has 0 atom stereocenters. The largest absolute Gasteiger partial charge is 3.00 e. The summed E-state index contributed by atoms with van der Waals surface area (Å²) in [5, 5.41) is 27.9. The van der Waals surface area contributed by atoms with Crippen molar-refractivity contribution < 1.29 is 29.7 Å². The molecule has 1 radical (unpaired) electrons. The van der Waals surface area contributed by atoms with Crippen molar-refractivity contribution in [1.82, 2.24) is 0 Å². The molecular formula is C12H19O6Sn. The first-order valence-electron chi connectivity index (χ1n) is 6.04. The van der Waals surface area contributed by atoms with Gasteiger partial charge in [-0.25, -0.2) is 0 Å². The Morgan fingerprint density at radius 2 is 1.11 bits per heavy atom. The van der Waals surface area contributed by atoms with Crippen molar-refractivity contribution >= 4 is 41.8 Å². The second-order valence-corrected chi connectivity index (χ2v) is 3.82. The van der Waals surface area contributed by atoms with Crippen LogP contribution >= 0.6 is 0 Å². The second kappa shape index (κ2) is 17.2. The van der Waals surface area contributed by atoms with Crippen molar-refractivity contribution in [1.29, 1.82) is 0 Å². The molecule has 7 heteroatoms. The molecule has 0 aromatic rings. The quantitative estimate of drug-likeness (QED) is 0.273. The molecule has 6 nitrogen and oxygen atoms in total. The maximum absolute atomic E-state index is 10.0. The third-order valence-corrected chi connectivity index (χ3v) is 2.15. The number of carbonyl (C=O) groups is 3. The average Bonchev–Trinajstić information content (AvgIpc) is 2.28. The molecule has 107 valence electrons. The summed E-state index contributed by atoms with van der Waals surface area (Å²) >= 11 is 0. The van der Waals surface area contributed by atoms with E-state index in [1.807, 2.05) is 0 Å². The van der Waals surface area contributed by atoms with Gasteiger partial charge in [0.15, 0.2) is 0 Å². The van der Waals surface area contributed by atoms with E-state index >= 15 is 0 Å². The molecule has 0 aliphatic carbocycles. The van der Waals surface area contributed by atoms with Crippen LogP contribution in [0.4, 0.5) is 0 Å². The van der Waals surface area contributed by atoms with E-state index in [0.717, 1.165) is 12.8 Å². The molecular weight excluding hydrogens is 359 g/mol. The van der Waals surface area contributed by atoms with Gasteiger partial charge in [-0.15, -0.1) is 0 Å². The third-order valence-electron chi connectivity index (χ3n) is 2.15. The van der Waals surface area contributed by atoms with E-state index in [4.69, 9.17) is 19.8 Å². The predicted molar refractivity (Wildman–Crippen MR) is 63.4 cm³/mol. The fourth-order valence-corrected chi connectivity index (χ4v) is 1.23. The number of unbranched alkanes of at least 4 members (excludes halogenated alkanes) is 6. The van der Waals surface area contributed by atoms with Gasteiger partial charge in [0, 0.05) is 5.97 Å². The number of rotatable bonds is 8. The summed E-state index contributed by atoms with van der Waals surface area (Å²) in [6.07, 6.45) is 8.34. The zero-order valence-corrected chi connectivity index (χ0v) is 14.0. The molecule has 0 aromatic carbocycles. The van der Waals surface area contributed by atoms with Crippen LogP contribution < -0.4 is 15.3 Å². The van der Waals surface area contributed by atoms with Gasteiger partial charge in [0.1, 0.15) is 0 Å². The smallest absolute Gasteiger partial charge is 0.550 e. The van der Waals surface area contributed by atoms with E-state index < -0.39 is 17.9 Å². The van der Waals surface area contributed by atoms with Gasteiger partial charge >= 0.3 is 23.9 Å². The van der Waals surface area contributed by atoms with Crippen molar-refractivity contribution in [2.45, 2.75) is 58.3 Å². The van der Waals surface area contributed by atoms with Crippen LogP contribution in [-0.2, 0) is 14.4 Å². The first-order valence-corrected chi connectivity index (χ1v) is 6.04. The summed E-state index contributed by atoms with van der Waals surface area (Å²) in [5.74, 6) is -5.28. The van der Waals surface area contributed by atoms with E-state index in [0.29, 0.717) is 0 Å². The van der Waals surface area contributed by atoms with Crippen LogP contribution in [0, 0.1) is 0 Å². The number of carboxylic acid groups (broad SMARTS) is 3. The van der Waals surface area contributed by atoms with Crippen LogP contribution in [0.5, 0.6) is 0 Å². The van der Waals surface area contributed by atoms with Gasteiger partial charge in [-0.2, -0.15) is 0 Å². The minimum Gasteiger partial charge on any atom is -0.550 e. The average molecular weight is 378 g/mol. The zero-order chi connectivity index (χ0) is 14.4. The van der Waals surface area contributed by atoms with Gasteiger partial charge in [0.05, 0.1) is 11.9 Å². The van der Waals surface area contributed by atoms with Crippen LogP contribution in [0.15, 0.2) is 0 Å². The Balaban J connectivity index is -0.000000313. The van der Waals surface area contributed by atoms with Crippen molar-refractivity contribution in [2.24, 2.45) is 0 Å². The maximum Gasteiger partial charge on any atom is 3.00 e. The minimum absolute atomic E-state index is 0. The number of hydrogen-bond acceptors (Lipinski definition) is 6. The molecule has 0 bridgehead atoms. The van der Waals surface area contributed by atoms with E-state index in [2.05, 4.69) is 6.92 Å². The monoisotopic (exact) mass is 379 g/mol. The summed E-state index contributed by atoms with van der Waals surface area (Å²) in [5.41, 5.74) is 0. The molecule has 0 amide bonds. The number of carboxylic acids is 3. The predicted octanol–water partition coefficient (Wildman–Crippen LogP) is -2.02.